The smallest absolute Gasteiger partial charge is 0.0843 e. The normalized spacial score (nSPS) is 21.0. The van der Waals surface area contributed by atoms with Crippen molar-refractivity contribution in [3.63, 3.8) is 0 Å². The van der Waals surface area contributed by atoms with Gasteiger partial charge in [-0.05, 0) is 37.7 Å². The van der Waals surface area contributed by atoms with Crippen molar-refractivity contribution in [2.24, 2.45) is 5.41 Å². The van der Waals surface area contributed by atoms with Crippen LogP contribution in [0, 0.1) is 19.3 Å². The second kappa shape index (κ2) is 4.21. The summed E-state index contributed by atoms with van der Waals surface area (Å²) in [5.41, 5.74) is 3.69. The van der Waals surface area contributed by atoms with Gasteiger partial charge < -0.3 is 5.11 Å². The summed E-state index contributed by atoms with van der Waals surface area (Å²) in [7, 11) is 0. The summed E-state index contributed by atoms with van der Waals surface area (Å²) in [6.07, 6.45) is 4.53. The summed E-state index contributed by atoms with van der Waals surface area (Å²) in [5.74, 6) is 0. The molecule has 1 aromatic rings. The van der Waals surface area contributed by atoms with Crippen molar-refractivity contribution in [3.05, 3.63) is 34.9 Å². The number of hydrogen-bond acceptors (Lipinski definition) is 1. The monoisotopic (exact) mass is 218 g/mol. The van der Waals surface area contributed by atoms with E-state index in [0.717, 1.165) is 18.4 Å². The molecule has 1 aliphatic rings. The van der Waals surface area contributed by atoms with E-state index in [-0.39, 0.29) is 11.5 Å². The van der Waals surface area contributed by atoms with Crippen molar-refractivity contribution in [3.8, 4) is 0 Å². The van der Waals surface area contributed by atoms with Crippen LogP contribution in [0.25, 0.3) is 0 Å². The largest absolute Gasteiger partial charge is 0.388 e. The van der Waals surface area contributed by atoms with Crippen LogP contribution in [-0.2, 0) is 0 Å². The molecule has 1 unspecified atom stereocenters. The van der Waals surface area contributed by atoms with Gasteiger partial charge in [0.15, 0.2) is 0 Å². The first kappa shape index (κ1) is 11.7. The summed E-state index contributed by atoms with van der Waals surface area (Å²) in [4.78, 5) is 0. The minimum absolute atomic E-state index is 0.0975. The molecule has 1 atom stereocenters. The fraction of sp³-hybridized carbons (Fsp3) is 0.600. The molecule has 88 valence electrons. The molecule has 2 rings (SSSR count). The van der Waals surface area contributed by atoms with Crippen molar-refractivity contribution in [1.82, 2.24) is 0 Å². The van der Waals surface area contributed by atoms with Gasteiger partial charge in [-0.2, -0.15) is 0 Å². The Morgan fingerprint density at radius 2 is 1.56 bits per heavy atom. The molecule has 1 N–H and O–H groups in total. The third-order valence-electron chi connectivity index (χ3n) is 3.97. The second-order valence-electron chi connectivity index (χ2n) is 5.68. The van der Waals surface area contributed by atoms with Crippen molar-refractivity contribution < 1.29 is 5.11 Å². The van der Waals surface area contributed by atoms with Gasteiger partial charge in [-0.25, -0.2) is 0 Å². The zero-order chi connectivity index (χ0) is 11.8. The molecule has 0 saturated heterocycles. The van der Waals surface area contributed by atoms with Crippen LogP contribution in [-0.4, -0.2) is 5.11 Å². The van der Waals surface area contributed by atoms with E-state index in [2.05, 4.69) is 39.0 Å². The Labute approximate surface area is 98.5 Å². The third-order valence-corrected chi connectivity index (χ3v) is 3.97. The molecule has 0 aliphatic heterocycles. The molecule has 0 heterocycles. The summed E-state index contributed by atoms with van der Waals surface area (Å²) in [6, 6.07) is 6.41. The Balaban J connectivity index is 2.29. The van der Waals surface area contributed by atoms with Gasteiger partial charge in [-0.3, -0.25) is 0 Å². The topological polar surface area (TPSA) is 20.2 Å². The van der Waals surface area contributed by atoms with Gasteiger partial charge in [0.25, 0.3) is 0 Å². The maximum absolute atomic E-state index is 10.5. The highest BCUT2D eigenvalue weighted by Gasteiger charge is 2.36. The average Bonchev–Trinajstić information content (AvgIpc) is 2.64. The highest BCUT2D eigenvalue weighted by molar-refractivity contribution is 5.31. The average molecular weight is 218 g/mol. The van der Waals surface area contributed by atoms with Crippen LogP contribution in [0.1, 0.15) is 55.4 Å². The Hall–Kier alpha value is -0.820. The first-order chi connectivity index (χ1) is 7.51. The van der Waals surface area contributed by atoms with Gasteiger partial charge in [0, 0.05) is 0 Å². The molecule has 1 saturated carbocycles. The van der Waals surface area contributed by atoms with E-state index in [1.165, 1.54) is 24.0 Å². The van der Waals surface area contributed by atoms with Crippen LogP contribution in [0.15, 0.2) is 18.2 Å². The van der Waals surface area contributed by atoms with E-state index >= 15 is 0 Å². The Morgan fingerprint density at radius 3 is 2.06 bits per heavy atom. The Morgan fingerprint density at radius 1 is 1.06 bits per heavy atom. The van der Waals surface area contributed by atoms with Gasteiger partial charge in [0.2, 0.25) is 0 Å². The van der Waals surface area contributed by atoms with E-state index in [0.29, 0.717) is 0 Å². The molecule has 1 fully saturated rings. The van der Waals surface area contributed by atoms with Gasteiger partial charge in [0.1, 0.15) is 0 Å². The lowest BCUT2D eigenvalue weighted by molar-refractivity contribution is 0.0407. The van der Waals surface area contributed by atoms with E-state index in [9.17, 15) is 5.11 Å². The fourth-order valence-electron chi connectivity index (χ4n) is 3.03. The molecule has 1 nitrogen and oxygen atoms in total. The van der Waals surface area contributed by atoms with Crippen molar-refractivity contribution in [1.29, 1.82) is 0 Å². The molecule has 0 aromatic heterocycles. The standard InChI is InChI=1S/C15H22O/c1-11-8-12(2)10-13(9-11)14(16)15(3)6-4-5-7-15/h8-10,14,16H,4-7H2,1-3H3. The summed E-state index contributed by atoms with van der Waals surface area (Å²) in [6.45, 7) is 6.42. The lowest BCUT2D eigenvalue weighted by Gasteiger charge is -2.30. The van der Waals surface area contributed by atoms with E-state index in [1.807, 2.05) is 0 Å². The molecule has 1 heteroatoms. The first-order valence-corrected chi connectivity index (χ1v) is 6.27. The Bertz CT molecular complexity index is 355. The number of rotatable bonds is 2. The van der Waals surface area contributed by atoms with Crippen molar-refractivity contribution >= 4 is 0 Å². The van der Waals surface area contributed by atoms with E-state index in [1.54, 1.807) is 0 Å². The van der Waals surface area contributed by atoms with Crippen LogP contribution in [0.2, 0.25) is 0 Å². The second-order valence-corrected chi connectivity index (χ2v) is 5.68. The van der Waals surface area contributed by atoms with E-state index < -0.39 is 0 Å². The summed E-state index contributed by atoms with van der Waals surface area (Å²) < 4.78 is 0. The number of hydrogen-bond donors (Lipinski definition) is 1. The van der Waals surface area contributed by atoms with Crippen LogP contribution in [0.3, 0.4) is 0 Å². The summed E-state index contributed by atoms with van der Waals surface area (Å²) in [5, 5.41) is 10.5. The highest BCUT2D eigenvalue weighted by atomic mass is 16.3. The van der Waals surface area contributed by atoms with Crippen LogP contribution >= 0.6 is 0 Å². The van der Waals surface area contributed by atoms with E-state index in [4.69, 9.17) is 0 Å². The predicted molar refractivity (Wildman–Crippen MR) is 67.5 cm³/mol. The quantitative estimate of drug-likeness (QED) is 0.797. The Kier molecular flexibility index (Phi) is 3.07. The predicted octanol–water partition coefficient (Wildman–Crippen LogP) is 3.92. The van der Waals surface area contributed by atoms with Crippen molar-refractivity contribution in [2.45, 2.75) is 52.6 Å². The molecular weight excluding hydrogens is 196 g/mol. The molecule has 1 aromatic carbocycles. The van der Waals surface area contributed by atoms with Crippen molar-refractivity contribution in [2.75, 3.05) is 0 Å². The van der Waals surface area contributed by atoms with Gasteiger partial charge in [0.05, 0.1) is 6.10 Å². The number of benzene rings is 1. The molecule has 0 bridgehead atoms. The molecular formula is C15H22O. The molecule has 0 radical (unpaired) electrons. The van der Waals surface area contributed by atoms with Gasteiger partial charge in [-0.1, -0.05) is 49.1 Å². The van der Waals surface area contributed by atoms with Crippen LogP contribution in [0.5, 0.6) is 0 Å². The third kappa shape index (κ3) is 2.15. The maximum Gasteiger partial charge on any atom is 0.0843 e. The summed E-state index contributed by atoms with van der Waals surface area (Å²) >= 11 is 0. The zero-order valence-corrected chi connectivity index (χ0v) is 10.6. The van der Waals surface area contributed by atoms with Gasteiger partial charge >= 0.3 is 0 Å². The highest BCUT2D eigenvalue weighted by Crippen LogP contribution is 2.47. The molecule has 0 spiro atoms. The van der Waals surface area contributed by atoms with Crippen LogP contribution in [0.4, 0.5) is 0 Å². The SMILES string of the molecule is Cc1cc(C)cc(C(O)C2(C)CCCC2)c1. The zero-order valence-electron chi connectivity index (χ0n) is 10.6. The molecule has 0 amide bonds. The maximum atomic E-state index is 10.5. The number of aliphatic hydroxyl groups excluding tert-OH is 1. The minimum Gasteiger partial charge on any atom is -0.388 e. The fourth-order valence-corrected chi connectivity index (χ4v) is 3.03. The van der Waals surface area contributed by atoms with Gasteiger partial charge in [-0.15, -0.1) is 0 Å². The number of aryl methyl sites for hydroxylation is 2. The minimum atomic E-state index is -0.298. The molecule has 1 aliphatic carbocycles. The lowest BCUT2D eigenvalue weighted by Crippen LogP contribution is -2.22. The van der Waals surface area contributed by atoms with Crippen LogP contribution < -0.4 is 0 Å². The first-order valence-electron chi connectivity index (χ1n) is 6.27. The number of aliphatic hydroxyl groups is 1. The lowest BCUT2D eigenvalue weighted by atomic mass is 9.79. The molecule has 16 heavy (non-hydrogen) atoms.